The Morgan fingerprint density at radius 1 is 1.50 bits per heavy atom. The first kappa shape index (κ1) is 14.9. The van der Waals surface area contributed by atoms with Crippen molar-refractivity contribution in [1.82, 2.24) is 5.32 Å². The zero-order valence-electron chi connectivity index (χ0n) is 11.6. The molecule has 0 bridgehead atoms. The van der Waals surface area contributed by atoms with Gasteiger partial charge >= 0.3 is 0 Å². The summed E-state index contributed by atoms with van der Waals surface area (Å²) in [4.78, 5) is 12.0. The number of amides is 1. The summed E-state index contributed by atoms with van der Waals surface area (Å²) < 4.78 is 18.1. The predicted molar refractivity (Wildman–Crippen MR) is 72.5 cm³/mol. The monoisotopic (exact) mass is 281 g/mol. The van der Waals surface area contributed by atoms with Crippen molar-refractivity contribution in [3.8, 4) is 0 Å². The van der Waals surface area contributed by atoms with Crippen LogP contribution >= 0.6 is 0 Å². The number of aliphatic hydroxyl groups is 1. The number of rotatable bonds is 4. The molecule has 2 unspecified atom stereocenters. The molecule has 20 heavy (non-hydrogen) atoms. The Morgan fingerprint density at radius 2 is 2.20 bits per heavy atom. The summed E-state index contributed by atoms with van der Waals surface area (Å²) >= 11 is 0. The molecule has 1 aliphatic heterocycles. The lowest BCUT2D eigenvalue weighted by atomic mass is 9.95. The third-order valence-corrected chi connectivity index (χ3v) is 3.60. The number of carbonyl (C=O) groups excluding carboxylic acids is 1. The highest BCUT2D eigenvalue weighted by Crippen LogP contribution is 2.20. The van der Waals surface area contributed by atoms with Gasteiger partial charge in [-0.05, 0) is 37.5 Å². The summed E-state index contributed by atoms with van der Waals surface area (Å²) in [7, 11) is 0. The molecule has 0 aromatic heterocycles. The Balaban J connectivity index is 1.91. The Hall–Kier alpha value is -1.46. The van der Waals surface area contributed by atoms with E-state index in [0.29, 0.717) is 18.8 Å². The van der Waals surface area contributed by atoms with Crippen LogP contribution in [0.4, 0.5) is 4.39 Å². The number of carbonyl (C=O) groups is 1. The van der Waals surface area contributed by atoms with Crippen LogP contribution < -0.4 is 5.32 Å². The Labute approximate surface area is 117 Å². The zero-order valence-corrected chi connectivity index (χ0v) is 11.6. The first-order chi connectivity index (χ1) is 9.49. The summed E-state index contributed by atoms with van der Waals surface area (Å²) in [6, 6.07) is 5.62. The lowest BCUT2D eigenvalue weighted by Gasteiger charge is -2.27. The minimum Gasteiger partial charge on any atom is -0.384 e. The number of halogens is 1. The second-order valence-electron chi connectivity index (χ2n) is 5.41. The fourth-order valence-corrected chi connectivity index (χ4v) is 2.26. The highest BCUT2D eigenvalue weighted by molar-refractivity contribution is 5.78. The van der Waals surface area contributed by atoms with E-state index in [1.54, 1.807) is 6.92 Å². The van der Waals surface area contributed by atoms with E-state index in [1.165, 1.54) is 24.3 Å². The third kappa shape index (κ3) is 3.77. The van der Waals surface area contributed by atoms with Crippen LogP contribution in [0.5, 0.6) is 0 Å². The van der Waals surface area contributed by atoms with Crippen LogP contribution in [-0.4, -0.2) is 30.8 Å². The fourth-order valence-electron chi connectivity index (χ4n) is 2.26. The fraction of sp³-hybridized carbons (Fsp3) is 0.533. The molecule has 1 aliphatic rings. The van der Waals surface area contributed by atoms with Crippen LogP contribution in [0.1, 0.15) is 25.3 Å². The molecule has 1 aromatic carbocycles. The number of ether oxygens (including phenoxy) is 1. The normalized spacial score (nSPS) is 22.1. The highest BCUT2D eigenvalue weighted by Gasteiger charge is 2.27. The average molecular weight is 281 g/mol. The summed E-state index contributed by atoms with van der Waals surface area (Å²) in [5, 5.41) is 13.1. The molecule has 2 rings (SSSR count). The Bertz CT molecular complexity index is 453. The molecular weight excluding hydrogens is 261 g/mol. The van der Waals surface area contributed by atoms with Gasteiger partial charge < -0.3 is 15.2 Å². The number of nitrogens with one attached hydrogen (secondary N) is 1. The summed E-state index contributed by atoms with van der Waals surface area (Å²) in [5.41, 5.74) is -0.655. The molecule has 1 fully saturated rings. The smallest absolute Gasteiger partial charge is 0.225 e. The lowest BCUT2D eigenvalue weighted by Crippen LogP contribution is -2.43. The maximum Gasteiger partial charge on any atom is 0.225 e. The molecule has 0 saturated carbocycles. The van der Waals surface area contributed by atoms with Gasteiger partial charge in [0.1, 0.15) is 11.4 Å². The largest absolute Gasteiger partial charge is 0.384 e. The molecule has 1 saturated heterocycles. The second kappa shape index (κ2) is 6.33. The first-order valence-corrected chi connectivity index (χ1v) is 6.83. The van der Waals surface area contributed by atoms with E-state index >= 15 is 0 Å². The quantitative estimate of drug-likeness (QED) is 0.881. The Morgan fingerprint density at radius 3 is 2.80 bits per heavy atom. The van der Waals surface area contributed by atoms with Gasteiger partial charge in [-0.3, -0.25) is 4.79 Å². The second-order valence-corrected chi connectivity index (χ2v) is 5.41. The first-order valence-electron chi connectivity index (χ1n) is 6.83. The van der Waals surface area contributed by atoms with E-state index in [9.17, 15) is 14.3 Å². The van der Waals surface area contributed by atoms with Gasteiger partial charge in [0.2, 0.25) is 5.91 Å². The van der Waals surface area contributed by atoms with Crippen molar-refractivity contribution in [3.63, 3.8) is 0 Å². The van der Waals surface area contributed by atoms with Gasteiger partial charge in [-0.1, -0.05) is 12.1 Å². The van der Waals surface area contributed by atoms with Gasteiger partial charge in [0.05, 0.1) is 19.1 Å². The van der Waals surface area contributed by atoms with Gasteiger partial charge in [-0.25, -0.2) is 4.39 Å². The van der Waals surface area contributed by atoms with E-state index in [1.807, 2.05) is 0 Å². The molecular formula is C15H20FNO3. The van der Waals surface area contributed by atoms with Crippen molar-refractivity contribution in [1.29, 1.82) is 0 Å². The summed E-state index contributed by atoms with van der Waals surface area (Å²) in [6.45, 7) is 2.83. The molecule has 2 N–H and O–H groups in total. The van der Waals surface area contributed by atoms with Gasteiger partial charge in [-0.15, -0.1) is 0 Å². The summed E-state index contributed by atoms with van der Waals surface area (Å²) in [5.74, 6) is -0.604. The van der Waals surface area contributed by atoms with Crippen LogP contribution in [0.25, 0.3) is 0 Å². The zero-order chi connectivity index (χ0) is 14.6. The van der Waals surface area contributed by atoms with E-state index in [-0.39, 0.29) is 24.2 Å². The maximum atomic E-state index is 12.9. The van der Waals surface area contributed by atoms with Crippen LogP contribution in [-0.2, 0) is 15.1 Å². The van der Waals surface area contributed by atoms with Crippen molar-refractivity contribution in [2.24, 2.45) is 5.92 Å². The topological polar surface area (TPSA) is 58.6 Å². The van der Waals surface area contributed by atoms with Gasteiger partial charge in [0, 0.05) is 6.61 Å². The van der Waals surface area contributed by atoms with Crippen molar-refractivity contribution in [2.75, 3.05) is 19.8 Å². The van der Waals surface area contributed by atoms with Crippen molar-refractivity contribution in [2.45, 2.75) is 25.4 Å². The third-order valence-electron chi connectivity index (χ3n) is 3.60. The summed E-state index contributed by atoms with van der Waals surface area (Å²) in [6.07, 6.45) is 1.69. The minimum absolute atomic E-state index is 0.0912. The molecule has 2 atom stereocenters. The van der Waals surface area contributed by atoms with E-state index in [4.69, 9.17) is 4.74 Å². The molecule has 4 nitrogen and oxygen atoms in total. The van der Waals surface area contributed by atoms with Crippen LogP contribution in [0.2, 0.25) is 0 Å². The Kier molecular flexibility index (Phi) is 4.73. The average Bonchev–Trinajstić information content (AvgIpc) is 2.46. The van der Waals surface area contributed by atoms with Gasteiger partial charge in [0.15, 0.2) is 0 Å². The van der Waals surface area contributed by atoms with Crippen molar-refractivity contribution >= 4 is 5.91 Å². The van der Waals surface area contributed by atoms with Crippen LogP contribution in [0.3, 0.4) is 0 Å². The van der Waals surface area contributed by atoms with Gasteiger partial charge in [-0.2, -0.15) is 0 Å². The molecule has 0 spiro atoms. The number of benzene rings is 1. The minimum atomic E-state index is -1.22. The molecule has 110 valence electrons. The van der Waals surface area contributed by atoms with Crippen molar-refractivity contribution < 1.29 is 19.0 Å². The standard InChI is InChI=1S/C15H20FNO3/c1-15(19,12-4-6-13(16)7-5-12)10-17-14(18)11-3-2-8-20-9-11/h4-7,11,19H,2-3,8-10H2,1H3,(H,17,18). The molecule has 1 aromatic rings. The molecule has 5 heteroatoms. The maximum absolute atomic E-state index is 12.9. The van der Waals surface area contributed by atoms with Crippen LogP contribution in [0, 0.1) is 11.7 Å². The highest BCUT2D eigenvalue weighted by atomic mass is 19.1. The van der Waals surface area contributed by atoms with E-state index < -0.39 is 5.60 Å². The van der Waals surface area contributed by atoms with Gasteiger partial charge in [0.25, 0.3) is 0 Å². The molecule has 0 aliphatic carbocycles. The van der Waals surface area contributed by atoms with E-state index in [2.05, 4.69) is 5.32 Å². The molecule has 0 radical (unpaired) electrons. The number of hydrogen-bond acceptors (Lipinski definition) is 3. The van der Waals surface area contributed by atoms with Crippen molar-refractivity contribution in [3.05, 3.63) is 35.6 Å². The van der Waals surface area contributed by atoms with Crippen LogP contribution in [0.15, 0.2) is 24.3 Å². The predicted octanol–water partition coefficient (Wildman–Crippen LogP) is 1.58. The molecule has 1 amide bonds. The SMILES string of the molecule is CC(O)(CNC(=O)C1CCCOC1)c1ccc(F)cc1. The molecule has 1 heterocycles. The number of hydrogen-bond donors (Lipinski definition) is 2. The lowest BCUT2D eigenvalue weighted by molar-refractivity contribution is -0.130. The van der Waals surface area contributed by atoms with E-state index in [0.717, 1.165) is 12.8 Å².